The molecule has 1 heterocycles. The van der Waals surface area contributed by atoms with E-state index in [1.165, 1.54) is 19.1 Å². The molecule has 0 aliphatic carbocycles. The molecule has 1 amide bonds. The number of carbonyl (C=O) groups is 2. The van der Waals surface area contributed by atoms with Crippen molar-refractivity contribution in [3.8, 4) is 11.5 Å². The van der Waals surface area contributed by atoms with Crippen molar-refractivity contribution in [2.24, 2.45) is 0 Å². The minimum atomic E-state index is -1.08. The van der Waals surface area contributed by atoms with E-state index in [0.717, 1.165) is 0 Å². The topological polar surface area (TPSA) is 85.3 Å². The van der Waals surface area contributed by atoms with E-state index in [4.69, 9.17) is 19.3 Å². The van der Waals surface area contributed by atoms with Gasteiger partial charge in [0.1, 0.15) is 0 Å². The second-order valence-corrected chi connectivity index (χ2v) is 5.02. The van der Waals surface area contributed by atoms with Crippen molar-refractivity contribution in [2.45, 2.75) is 19.1 Å². The normalized spacial score (nSPS) is 21.3. The molecule has 1 fully saturated rings. The number of carbonyl (C=O) groups excluding carboxylic acids is 1. The van der Waals surface area contributed by atoms with Crippen molar-refractivity contribution >= 4 is 11.9 Å². The smallest absolute Gasteiger partial charge is 0.334 e. The Hall–Kier alpha value is -2.28. The number of nitrogens with zero attached hydrogens (tertiary/aromatic N) is 1. The van der Waals surface area contributed by atoms with Gasteiger partial charge in [-0.15, -0.1) is 0 Å². The van der Waals surface area contributed by atoms with Crippen molar-refractivity contribution in [1.82, 2.24) is 4.90 Å². The van der Waals surface area contributed by atoms with E-state index in [0.29, 0.717) is 23.6 Å². The van der Waals surface area contributed by atoms with Crippen LogP contribution < -0.4 is 9.47 Å². The third kappa shape index (κ3) is 3.14. The number of benzene rings is 1. The summed E-state index contributed by atoms with van der Waals surface area (Å²) in [5, 5.41) is 9.10. The molecule has 1 aromatic rings. The van der Waals surface area contributed by atoms with Gasteiger partial charge in [0, 0.05) is 6.54 Å². The van der Waals surface area contributed by atoms with E-state index in [1.54, 1.807) is 25.1 Å². The maximum Gasteiger partial charge on any atom is 0.334 e. The van der Waals surface area contributed by atoms with Gasteiger partial charge < -0.3 is 24.2 Å². The van der Waals surface area contributed by atoms with E-state index in [9.17, 15) is 9.59 Å². The fraction of sp³-hybridized carbons (Fsp3) is 0.467. The van der Waals surface area contributed by atoms with Crippen LogP contribution in [0.2, 0.25) is 0 Å². The highest BCUT2D eigenvalue weighted by Gasteiger charge is 2.34. The van der Waals surface area contributed by atoms with Gasteiger partial charge in [-0.05, 0) is 19.1 Å². The summed E-state index contributed by atoms with van der Waals surface area (Å²) in [6.07, 6.45) is -1.38. The summed E-state index contributed by atoms with van der Waals surface area (Å²) >= 11 is 0. The summed E-state index contributed by atoms with van der Waals surface area (Å²) in [5.74, 6) is -0.607. The van der Waals surface area contributed by atoms with E-state index in [-0.39, 0.29) is 18.6 Å². The van der Waals surface area contributed by atoms with Crippen LogP contribution in [0.4, 0.5) is 0 Å². The van der Waals surface area contributed by atoms with Crippen LogP contribution in [-0.2, 0) is 9.53 Å². The molecule has 1 N–H and O–H groups in total. The maximum atomic E-state index is 12.7. The summed E-state index contributed by atoms with van der Waals surface area (Å²) < 4.78 is 15.8. The van der Waals surface area contributed by atoms with Crippen LogP contribution in [0.3, 0.4) is 0 Å². The standard InChI is InChI=1S/C15H19NO6/c1-9-7-16(8-12(22-9)15(18)19)14(17)10-5-4-6-11(20-2)13(10)21-3/h4-6,9,12H,7-8H2,1-3H3,(H,18,19)/t9-,12?/m1/s1. The van der Waals surface area contributed by atoms with Crippen molar-refractivity contribution in [2.75, 3.05) is 27.3 Å². The Labute approximate surface area is 128 Å². The second-order valence-electron chi connectivity index (χ2n) is 5.02. The molecule has 1 aromatic carbocycles. The minimum absolute atomic E-state index is 0.00112. The number of ether oxygens (including phenoxy) is 3. The number of morpholine rings is 1. The number of aliphatic carboxylic acids is 1. The zero-order chi connectivity index (χ0) is 16.3. The van der Waals surface area contributed by atoms with Gasteiger partial charge in [0.15, 0.2) is 17.6 Å². The molecule has 2 rings (SSSR count). The number of para-hydroxylation sites is 1. The van der Waals surface area contributed by atoms with Gasteiger partial charge in [0.25, 0.3) is 5.91 Å². The second kappa shape index (κ2) is 6.65. The highest BCUT2D eigenvalue weighted by molar-refractivity contribution is 5.98. The lowest BCUT2D eigenvalue weighted by Gasteiger charge is -2.35. The monoisotopic (exact) mass is 309 g/mol. The van der Waals surface area contributed by atoms with Crippen LogP contribution in [0.25, 0.3) is 0 Å². The fourth-order valence-corrected chi connectivity index (χ4v) is 2.48. The summed E-state index contributed by atoms with van der Waals surface area (Å²) in [7, 11) is 2.94. The predicted molar refractivity (Wildman–Crippen MR) is 77.4 cm³/mol. The first kappa shape index (κ1) is 16.1. The molecule has 0 aromatic heterocycles. The zero-order valence-corrected chi connectivity index (χ0v) is 12.7. The first-order valence-electron chi connectivity index (χ1n) is 6.86. The van der Waals surface area contributed by atoms with Gasteiger partial charge in [-0.3, -0.25) is 4.79 Å². The summed E-state index contributed by atoms with van der Waals surface area (Å²) in [6.45, 7) is 2.06. The van der Waals surface area contributed by atoms with Gasteiger partial charge in [-0.2, -0.15) is 0 Å². The Morgan fingerprint density at radius 2 is 2.00 bits per heavy atom. The molecular formula is C15H19NO6. The Kier molecular flexibility index (Phi) is 4.87. The largest absolute Gasteiger partial charge is 0.493 e. The number of amides is 1. The summed E-state index contributed by atoms with van der Waals surface area (Å²) in [4.78, 5) is 25.3. The van der Waals surface area contributed by atoms with Crippen molar-refractivity contribution in [3.63, 3.8) is 0 Å². The number of hydrogen-bond donors (Lipinski definition) is 1. The van der Waals surface area contributed by atoms with Crippen molar-refractivity contribution in [3.05, 3.63) is 23.8 Å². The first-order chi connectivity index (χ1) is 10.5. The highest BCUT2D eigenvalue weighted by Crippen LogP contribution is 2.32. The number of methoxy groups -OCH3 is 2. The Balaban J connectivity index is 2.29. The van der Waals surface area contributed by atoms with E-state index in [2.05, 4.69) is 0 Å². The SMILES string of the molecule is COc1cccc(C(=O)N2CC(C(=O)O)O[C@H](C)C2)c1OC. The van der Waals surface area contributed by atoms with Gasteiger partial charge in [-0.25, -0.2) is 4.79 Å². The molecule has 1 aliphatic heterocycles. The Morgan fingerprint density at radius 3 is 2.59 bits per heavy atom. The third-order valence-electron chi connectivity index (χ3n) is 3.46. The molecule has 120 valence electrons. The molecule has 1 unspecified atom stereocenters. The quantitative estimate of drug-likeness (QED) is 0.893. The van der Waals surface area contributed by atoms with Crippen molar-refractivity contribution < 1.29 is 28.9 Å². The van der Waals surface area contributed by atoms with Crippen LogP contribution >= 0.6 is 0 Å². The third-order valence-corrected chi connectivity index (χ3v) is 3.46. The van der Waals surface area contributed by atoms with Crippen LogP contribution in [0.15, 0.2) is 18.2 Å². The molecule has 7 nitrogen and oxygen atoms in total. The number of carboxylic acid groups (broad SMARTS) is 1. The molecular weight excluding hydrogens is 290 g/mol. The molecule has 0 spiro atoms. The number of carboxylic acids is 1. The van der Waals surface area contributed by atoms with Gasteiger partial charge in [0.2, 0.25) is 0 Å². The molecule has 0 bridgehead atoms. The lowest BCUT2D eigenvalue weighted by atomic mass is 10.1. The number of hydrogen-bond acceptors (Lipinski definition) is 5. The van der Waals surface area contributed by atoms with E-state index < -0.39 is 12.1 Å². The van der Waals surface area contributed by atoms with Crippen LogP contribution in [-0.4, -0.2) is 61.4 Å². The number of rotatable bonds is 4. The zero-order valence-electron chi connectivity index (χ0n) is 12.7. The molecule has 1 saturated heterocycles. The summed E-state index contributed by atoms with van der Waals surface area (Å²) in [5.41, 5.74) is 0.333. The Bertz CT molecular complexity index is 573. The summed E-state index contributed by atoms with van der Waals surface area (Å²) in [6, 6.07) is 5.00. The fourth-order valence-electron chi connectivity index (χ4n) is 2.48. The lowest BCUT2D eigenvalue weighted by Crippen LogP contribution is -2.51. The van der Waals surface area contributed by atoms with Gasteiger partial charge in [-0.1, -0.05) is 6.07 Å². The van der Waals surface area contributed by atoms with E-state index >= 15 is 0 Å². The van der Waals surface area contributed by atoms with Crippen LogP contribution in [0, 0.1) is 0 Å². The molecule has 1 aliphatic rings. The molecule has 0 saturated carbocycles. The van der Waals surface area contributed by atoms with Gasteiger partial charge in [0.05, 0.1) is 32.4 Å². The average Bonchev–Trinajstić information content (AvgIpc) is 2.52. The van der Waals surface area contributed by atoms with Crippen LogP contribution in [0.5, 0.6) is 11.5 Å². The van der Waals surface area contributed by atoms with Crippen molar-refractivity contribution in [1.29, 1.82) is 0 Å². The van der Waals surface area contributed by atoms with Crippen LogP contribution in [0.1, 0.15) is 17.3 Å². The molecule has 22 heavy (non-hydrogen) atoms. The minimum Gasteiger partial charge on any atom is -0.493 e. The van der Waals surface area contributed by atoms with E-state index in [1.807, 2.05) is 0 Å². The molecule has 7 heteroatoms. The maximum absolute atomic E-state index is 12.7. The molecule has 2 atom stereocenters. The highest BCUT2D eigenvalue weighted by atomic mass is 16.5. The lowest BCUT2D eigenvalue weighted by molar-refractivity contribution is -0.160. The van der Waals surface area contributed by atoms with Gasteiger partial charge >= 0.3 is 5.97 Å². The Morgan fingerprint density at radius 1 is 1.27 bits per heavy atom. The average molecular weight is 309 g/mol. The predicted octanol–water partition coefficient (Wildman–Crippen LogP) is 1.02. The first-order valence-corrected chi connectivity index (χ1v) is 6.86. The molecule has 0 radical (unpaired) electrons.